The molecule has 0 aromatic heterocycles. The number of aliphatic imine (C=N–C) groups is 1. The highest BCUT2D eigenvalue weighted by Crippen LogP contribution is 2.39. The number of rotatable bonds is 1. The zero-order chi connectivity index (χ0) is 18.3. The van der Waals surface area contributed by atoms with Crippen LogP contribution in [0, 0.1) is 0 Å². The summed E-state index contributed by atoms with van der Waals surface area (Å²) in [6.07, 6.45) is -1.45. The second-order valence-electron chi connectivity index (χ2n) is 6.07. The first-order valence-electron chi connectivity index (χ1n) is 8.31. The molecule has 0 bridgehead atoms. The van der Waals surface area contributed by atoms with Crippen molar-refractivity contribution in [3.63, 3.8) is 0 Å². The van der Waals surface area contributed by atoms with Gasteiger partial charge in [-0.05, 0) is 6.07 Å². The zero-order valence-electron chi connectivity index (χ0n) is 14.3. The Labute approximate surface area is 150 Å². The number of hydrogen-bond acceptors (Lipinski definition) is 5. The van der Waals surface area contributed by atoms with Crippen molar-refractivity contribution in [1.82, 2.24) is 0 Å². The number of nitrogens with zero attached hydrogens (tertiary/aromatic N) is 3. The average Bonchev–Trinajstić information content (AvgIpc) is 2.80. The van der Waals surface area contributed by atoms with Gasteiger partial charge >= 0.3 is 6.09 Å². The number of benzene rings is 2. The summed E-state index contributed by atoms with van der Waals surface area (Å²) in [6.45, 7) is 0.672. The van der Waals surface area contributed by atoms with E-state index >= 15 is 0 Å². The summed E-state index contributed by atoms with van der Waals surface area (Å²) in [5, 5.41) is 0. The molecule has 132 valence electrons. The first-order valence-corrected chi connectivity index (χ1v) is 8.31. The molecule has 0 aliphatic carbocycles. The van der Waals surface area contributed by atoms with Crippen LogP contribution in [0.25, 0.3) is 0 Å². The molecule has 2 amide bonds. The summed E-state index contributed by atoms with van der Waals surface area (Å²) < 4.78 is 4.89. The van der Waals surface area contributed by atoms with Crippen molar-refractivity contribution in [2.45, 2.75) is 6.17 Å². The average molecular weight is 350 g/mol. The number of methoxy groups -OCH3 is 1. The maximum absolute atomic E-state index is 12.8. The third kappa shape index (κ3) is 2.44. The topological polar surface area (TPSA) is 88.2 Å². The van der Waals surface area contributed by atoms with Crippen LogP contribution in [-0.2, 0) is 9.53 Å². The predicted molar refractivity (Wildman–Crippen MR) is 98.6 cm³/mol. The molecular formula is C19H18N4O3. The number of ether oxygens (including phenoxy) is 1. The summed E-state index contributed by atoms with van der Waals surface area (Å²) in [6, 6.07) is 15.1. The SMILES string of the molecule is COC(=O)N1CCN2C(=O)C(N)N=C(c3ccccc3)c3cccc1c32. The molecule has 2 aromatic carbocycles. The molecule has 2 aliphatic heterocycles. The highest BCUT2D eigenvalue weighted by Gasteiger charge is 2.37. The van der Waals surface area contributed by atoms with E-state index in [4.69, 9.17) is 10.5 Å². The fourth-order valence-electron chi connectivity index (χ4n) is 3.43. The summed E-state index contributed by atoms with van der Waals surface area (Å²) in [7, 11) is 1.34. The minimum atomic E-state index is -0.991. The molecule has 26 heavy (non-hydrogen) atoms. The van der Waals surface area contributed by atoms with Crippen LogP contribution in [0.4, 0.5) is 16.2 Å². The summed E-state index contributed by atoms with van der Waals surface area (Å²) in [4.78, 5) is 32.6. The van der Waals surface area contributed by atoms with Gasteiger partial charge in [0.15, 0.2) is 6.17 Å². The molecule has 2 aromatic rings. The molecular weight excluding hydrogens is 332 g/mol. The number of nitrogens with two attached hydrogens (primary N) is 1. The zero-order valence-corrected chi connectivity index (χ0v) is 14.3. The quantitative estimate of drug-likeness (QED) is 0.848. The van der Waals surface area contributed by atoms with E-state index in [0.29, 0.717) is 30.2 Å². The standard InChI is InChI=1S/C19H18N4O3/c1-26-19(25)22-10-11-23-16-13(8-5-9-14(16)22)15(21-17(20)18(23)24)12-6-3-2-4-7-12/h2-9,17H,10-11,20H2,1H3. The van der Waals surface area contributed by atoms with E-state index in [1.54, 1.807) is 11.0 Å². The number of amides is 2. The van der Waals surface area contributed by atoms with Crippen LogP contribution in [0.15, 0.2) is 53.5 Å². The number of anilines is 2. The van der Waals surface area contributed by atoms with Crippen LogP contribution in [0.3, 0.4) is 0 Å². The van der Waals surface area contributed by atoms with Gasteiger partial charge in [0.2, 0.25) is 0 Å². The summed E-state index contributed by atoms with van der Waals surface area (Å²) in [5.41, 5.74) is 9.59. The number of hydrogen-bond donors (Lipinski definition) is 1. The number of carbonyl (C=O) groups is 2. The molecule has 7 heteroatoms. The van der Waals surface area contributed by atoms with E-state index in [9.17, 15) is 9.59 Å². The molecule has 2 heterocycles. The number of carbonyl (C=O) groups excluding carboxylic acids is 2. The lowest BCUT2D eigenvalue weighted by molar-refractivity contribution is -0.119. The monoisotopic (exact) mass is 350 g/mol. The highest BCUT2D eigenvalue weighted by molar-refractivity contribution is 6.22. The van der Waals surface area contributed by atoms with Crippen molar-refractivity contribution in [3.05, 3.63) is 59.7 Å². The van der Waals surface area contributed by atoms with E-state index in [1.165, 1.54) is 12.0 Å². The lowest BCUT2D eigenvalue weighted by Crippen LogP contribution is -2.50. The van der Waals surface area contributed by atoms with Crippen LogP contribution in [0.1, 0.15) is 11.1 Å². The van der Waals surface area contributed by atoms with Gasteiger partial charge in [-0.25, -0.2) is 4.79 Å². The molecule has 0 fully saturated rings. The molecule has 2 N–H and O–H groups in total. The van der Waals surface area contributed by atoms with E-state index in [1.807, 2.05) is 42.5 Å². The maximum atomic E-state index is 12.8. The molecule has 2 aliphatic rings. The Hall–Kier alpha value is -3.19. The van der Waals surface area contributed by atoms with Gasteiger partial charge in [0.1, 0.15) is 0 Å². The molecule has 4 rings (SSSR count). The second-order valence-corrected chi connectivity index (χ2v) is 6.07. The van der Waals surface area contributed by atoms with Crippen LogP contribution in [0.2, 0.25) is 0 Å². The van der Waals surface area contributed by atoms with Crippen molar-refractivity contribution in [2.24, 2.45) is 10.7 Å². The summed E-state index contributed by atoms with van der Waals surface area (Å²) >= 11 is 0. The van der Waals surface area contributed by atoms with E-state index < -0.39 is 12.3 Å². The fraction of sp³-hybridized carbons (Fsp3) is 0.211. The normalized spacial score (nSPS) is 18.8. The van der Waals surface area contributed by atoms with Gasteiger partial charge in [-0.1, -0.05) is 42.5 Å². The molecule has 0 saturated heterocycles. The first kappa shape index (κ1) is 16.3. The van der Waals surface area contributed by atoms with Crippen LogP contribution < -0.4 is 15.5 Å². The molecule has 1 unspecified atom stereocenters. The van der Waals surface area contributed by atoms with Gasteiger partial charge in [0.05, 0.1) is 24.2 Å². The Kier molecular flexibility index (Phi) is 3.93. The van der Waals surface area contributed by atoms with Gasteiger partial charge in [0.25, 0.3) is 5.91 Å². The largest absolute Gasteiger partial charge is 0.452 e. The molecule has 1 atom stereocenters. The van der Waals surface area contributed by atoms with Gasteiger partial charge < -0.3 is 15.4 Å². The van der Waals surface area contributed by atoms with Crippen molar-refractivity contribution in [2.75, 3.05) is 30.0 Å². The predicted octanol–water partition coefficient (Wildman–Crippen LogP) is 1.74. The fourth-order valence-corrected chi connectivity index (χ4v) is 3.43. The number of para-hydroxylation sites is 1. The third-order valence-electron chi connectivity index (χ3n) is 4.61. The van der Waals surface area contributed by atoms with Crippen molar-refractivity contribution < 1.29 is 14.3 Å². The Morgan fingerprint density at radius 1 is 1.15 bits per heavy atom. The lowest BCUT2D eigenvalue weighted by Gasteiger charge is -2.36. The smallest absolute Gasteiger partial charge is 0.414 e. The summed E-state index contributed by atoms with van der Waals surface area (Å²) in [5.74, 6) is -0.283. The van der Waals surface area contributed by atoms with Crippen LogP contribution >= 0.6 is 0 Å². The van der Waals surface area contributed by atoms with E-state index in [0.717, 1.165) is 11.1 Å². The lowest BCUT2D eigenvalue weighted by atomic mass is 9.98. The Morgan fingerprint density at radius 3 is 2.65 bits per heavy atom. The van der Waals surface area contributed by atoms with Gasteiger partial charge in [-0.3, -0.25) is 14.7 Å². The van der Waals surface area contributed by atoms with Crippen LogP contribution in [-0.4, -0.2) is 44.1 Å². The van der Waals surface area contributed by atoms with Crippen molar-refractivity contribution in [3.8, 4) is 0 Å². The van der Waals surface area contributed by atoms with Gasteiger partial charge in [-0.2, -0.15) is 0 Å². The minimum absolute atomic E-state index is 0.283. The van der Waals surface area contributed by atoms with E-state index in [-0.39, 0.29) is 5.91 Å². The van der Waals surface area contributed by atoms with Crippen LogP contribution in [0.5, 0.6) is 0 Å². The maximum Gasteiger partial charge on any atom is 0.414 e. The highest BCUT2D eigenvalue weighted by atomic mass is 16.5. The van der Waals surface area contributed by atoms with Gasteiger partial charge in [0, 0.05) is 24.2 Å². The molecule has 7 nitrogen and oxygen atoms in total. The van der Waals surface area contributed by atoms with Gasteiger partial charge in [-0.15, -0.1) is 0 Å². The Bertz CT molecular complexity index is 910. The first-order chi connectivity index (χ1) is 12.6. The third-order valence-corrected chi connectivity index (χ3v) is 4.61. The molecule has 0 radical (unpaired) electrons. The minimum Gasteiger partial charge on any atom is -0.452 e. The Morgan fingerprint density at radius 2 is 1.92 bits per heavy atom. The second kappa shape index (κ2) is 6.27. The van der Waals surface area contributed by atoms with Crippen molar-refractivity contribution >= 4 is 29.1 Å². The molecule has 0 saturated carbocycles. The van der Waals surface area contributed by atoms with Crippen molar-refractivity contribution in [1.29, 1.82) is 0 Å². The van der Waals surface area contributed by atoms with E-state index in [2.05, 4.69) is 4.99 Å². The Balaban J connectivity index is 1.96. The molecule has 0 spiro atoms.